The highest BCUT2D eigenvalue weighted by atomic mass is 35.5. The summed E-state index contributed by atoms with van der Waals surface area (Å²) in [7, 11) is 2.70. The fourth-order valence-corrected chi connectivity index (χ4v) is 6.07. The summed E-state index contributed by atoms with van der Waals surface area (Å²) in [5.74, 6) is -0.323. The summed E-state index contributed by atoms with van der Waals surface area (Å²) in [6.07, 6.45) is 5.87. The molecule has 15 heteroatoms. The maximum Gasteiger partial charge on any atom is 0.419 e. The van der Waals surface area contributed by atoms with Gasteiger partial charge in [0, 0.05) is 59.2 Å². The minimum atomic E-state index is -0.601. The highest BCUT2D eigenvalue weighted by Gasteiger charge is 2.22. The third kappa shape index (κ3) is 12.3. The molecule has 0 atom stereocenters. The Hall–Kier alpha value is -5.43. The van der Waals surface area contributed by atoms with Crippen molar-refractivity contribution >= 4 is 80.7 Å². The number of aromatic nitrogens is 4. The number of carbonyl (C=O) groups excluding carboxylic acids is 4. The van der Waals surface area contributed by atoms with Crippen molar-refractivity contribution in [1.82, 2.24) is 19.1 Å². The Labute approximate surface area is 351 Å². The first kappa shape index (κ1) is 45.3. The third-order valence-electron chi connectivity index (χ3n) is 7.92. The van der Waals surface area contributed by atoms with Crippen molar-refractivity contribution < 1.29 is 38.1 Å². The molecule has 0 N–H and O–H groups in total. The molecule has 0 unspecified atom stereocenters. The van der Waals surface area contributed by atoms with E-state index < -0.39 is 29.4 Å². The summed E-state index contributed by atoms with van der Waals surface area (Å²) in [6, 6.07) is 17.8. The van der Waals surface area contributed by atoms with Crippen LogP contribution in [0.15, 0.2) is 85.5 Å². The molecular formula is C43H45Cl3N4O8. The Morgan fingerprint density at radius 1 is 0.638 bits per heavy atom. The smallest absolute Gasteiger partial charge is 0.419 e. The van der Waals surface area contributed by atoms with E-state index in [1.807, 2.05) is 84.9 Å². The van der Waals surface area contributed by atoms with Gasteiger partial charge < -0.3 is 18.9 Å². The van der Waals surface area contributed by atoms with Gasteiger partial charge in [-0.25, -0.2) is 19.2 Å². The lowest BCUT2D eigenvalue weighted by Crippen LogP contribution is -2.26. The summed E-state index contributed by atoms with van der Waals surface area (Å²) in [6.45, 7) is 12.7. The average molecular weight is 852 g/mol. The lowest BCUT2D eigenvalue weighted by Gasteiger charge is -2.19. The number of halogens is 3. The molecule has 2 aromatic carbocycles. The number of fused-ring (bicyclic) bond motifs is 2. The zero-order valence-electron chi connectivity index (χ0n) is 33.7. The number of carbonyl (C=O) groups is 4. The molecule has 0 bridgehead atoms. The van der Waals surface area contributed by atoms with Crippen LogP contribution in [0.25, 0.3) is 21.8 Å². The molecule has 0 aliphatic carbocycles. The number of hydrogen-bond donors (Lipinski definition) is 0. The van der Waals surface area contributed by atoms with E-state index in [0.717, 1.165) is 33.3 Å². The van der Waals surface area contributed by atoms with Gasteiger partial charge in [-0.2, -0.15) is 0 Å². The fraction of sp³-hybridized carbons (Fsp3) is 0.302. The second-order valence-electron chi connectivity index (χ2n) is 14.9. The Kier molecular flexibility index (Phi) is 15.1. The van der Waals surface area contributed by atoms with Crippen LogP contribution in [0, 0.1) is 6.92 Å². The van der Waals surface area contributed by atoms with E-state index in [4.69, 9.17) is 49.0 Å². The normalized spacial score (nSPS) is 11.2. The Bertz CT molecular complexity index is 2440. The molecule has 12 nitrogen and oxygen atoms in total. The second-order valence-corrected chi connectivity index (χ2v) is 16.0. The Morgan fingerprint density at radius 2 is 1.09 bits per heavy atom. The molecule has 0 saturated carbocycles. The molecule has 0 fully saturated rings. The number of alkyl halides is 1. The van der Waals surface area contributed by atoms with Crippen LogP contribution in [0.3, 0.4) is 0 Å². The summed E-state index contributed by atoms with van der Waals surface area (Å²) in [4.78, 5) is 55.4. The van der Waals surface area contributed by atoms with Crippen LogP contribution in [0.2, 0.25) is 10.0 Å². The first-order valence-corrected chi connectivity index (χ1v) is 19.2. The SMILES string of the molecule is CC(C)(C)OC(=O)n1cc(Cl)c2cc(CCl)ccc21.COC(=O)c1ccnc(C)c1.COC(=O)c1ccnc(Cc2ccc3c(c2)c(Cl)cn3C(=O)OC(C)(C)C)c1. The summed E-state index contributed by atoms with van der Waals surface area (Å²) in [5, 5.41) is 2.51. The first-order valence-electron chi connectivity index (χ1n) is 17.9. The summed E-state index contributed by atoms with van der Waals surface area (Å²) >= 11 is 18.3. The third-order valence-corrected chi connectivity index (χ3v) is 8.83. The van der Waals surface area contributed by atoms with Crippen LogP contribution >= 0.6 is 34.8 Å². The van der Waals surface area contributed by atoms with Gasteiger partial charge in [-0.05, 0) is 108 Å². The van der Waals surface area contributed by atoms with Crippen molar-refractivity contribution in [2.24, 2.45) is 0 Å². The summed E-state index contributed by atoms with van der Waals surface area (Å²) < 4.78 is 22.9. The standard InChI is InChI=1S/C21H21ClN2O4.C14H15Cl2NO2.C8H9NO2/c1-21(2,3)28-20(26)24-12-17(22)16-10-13(5-6-18(16)24)9-15-11-14(7-8-23-15)19(25)27-4;1-14(2,3)19-13(18)17-8-11(16)10-6-9(7-15)4-5-12(10)17;1-6-5-7(3-4-9-6)8(10)11-2/h5-8,10-12H,9H2,1-4H3;4-6,8H,7H2,1-3H3;3-5H,1-2H3. The van der Waals surface area contributed by atoms with Gasteiger partial charge in [-0.3, -0.25) is 19.1 Å². The van der Waals surface area contributed by atoms with Gasteiger partial charge in [0.1, 0.15) is 11.2 Å². The fourth-order valence-electron chi connectivity index (χ4n) is 5.41. The minimum Gasteiger partial charge on any atom is -0.465 e. The number of esters is 2. The van der Waals surface area contributed by atoms with E-state index >= 15 is 0 Å². The van der Waals surface area contributed by atoms with Crippen LogP contribution in [-0.2, 0) is 31.2 Å². The molecule has 0 spiro atoms. The predicted molar refractivity (Wildman–Crippen MR) is 225 cm³/mol. The predicted octanol–water partition coefficient (Wildman–Crippen LogP) is 10.8. The molecule has 58 heavy (non-hydrogen) atoms. The van der Waals surface area contributed by atoms with E-state index in [9.17, 15) is 19.2 Å². The van der Waals surface area contributed by atoms with Gasteiger partial charge in [-0.15, -0.1) is 11.6 Å². The first-order chi connectivity index (χ1) is 27.2. The monoisotopic (exact) mass is 850 g/mol. The number of hydrogen-bond acceptors (Lipinski definition) is 10. The summed E-state index contributed by atoms with van der Waals surface area (Å²) in [5.41, 5.74) is 4.67. The van der Waals surface area contributed by atoms with Crippen LogP contribution < -0.4 is 0 Å². The van der Waals surface area contributed by atoms with Gasteiger partial charge in [-0.1, -0.05) is 35.3 Å². The molecule has 0 aliphatic rings. The number of nitrogens with zero attached hydrogens (tertiary/aromatic N) is 4. The largest absolute Gasteiger partial charge is 0.465 e. The van der Waals surface area contributed by atoms with Crippen molar-refractivity contribution in [3.05, 3.63) is 129 Å². The van der Waals surface area contributed by atoms with Crippen LogP contribution in [0.4, 0.5) is 9.59 Å². The van der Waals surface area contributed by atoms with Gasteiger partial charge >= 0.3 is 24.1 Å². The van der Waals surface area contributed by atoms with E-state index in [2.05, 4.69) is 14.7 Å². The minimum absolute atomic E-state index is 0.324. The number of benzene rings is 2. The molecule has 4 aromatic heterocycles. The van der Waals surface area contributed by atoms with E-state index in [0.29, 0.717) is 44.5 Å². The van der Waals surface area contributed by atoms with E-state index in [-0.39, 0.29) is 5.97 Å². The number of methoxy groups -OCH3 is 2. The molecule has 6 aromatic rings. The molecule has 0 aliphatic heterocycles. The highest BCUT2D eigenvalue weighted by Crippen LogP contribution is 2.30. The van der Waals surface area contributed by atoms with Crippen LogP contribution in [0.1, 0.15) is 84.8 Å². The van der Waals surface area contributed by atoms with Crippen LogP contribution in [-0.4, -0.2) is 68.6 Å². The molecule has 6 rings (SSSR count). The molecule has 0 amide bonds. The van der Waals surface area contributed by atoms with Crippen molar-refractivity contribution in [2.45, 2.75) is 72.0 Å². The lowest BCUT2D eigenvalue weighted by molar-refractivity contribution is 0.0533. The second kappa shape index (κ2) is 19.3. The Balaban J connectivity index is 0.000000213. The highest BCUT2D eigenvalue weighted by molar-refractivity contribution is 6.36. The maximum absolute atomic E-state index is 12.4. The van der Waals surface area contributed by atoms with E-state index in [1.54, 1.807) is 49.1 Å². The van der Waals surface area contributed by atoms with E-state index in [1.165, 1.54) is 23.4 Å². The number of aryl methyl sites for hydroxylation is 1. The lowest BCUT2D eigenvalue weighted by atomic mass is 10.1. The van der Waals surface area contributed by atoms with Crippen molar-refractivity contribution in [2.75, 3.05) is 14.2 Å². The van der Waals surface area contributed by atoms with Crippen LogP contribution in [0.5, 0.6) is 0 Å². The van der Waals surface area contributed by atoms with Gasteiger partial charge in [0.25, 0.3) is 0 Å². The number of rotatable bonds is 5. The maximum atomic E-state index is 12.4. The molecule has 0 radical (unpaired) electrons. The molecular weight excluding hydrogens is 807 g/mol. The Morgan fingerprint density at radius 3 is 1.53 bits per heavy atom. The zero-order valence-corrected chi connectivity index (χ0v) is 36.0. The number of pyridine rings is 2. The number of ether oxygens (including phenoxy) is 4. The van der Waals surface area contributed by atoms with Crippen molar-refractivity contribution in [1.29, 1.82) is 0 Å². The van der Waals surface area contributed by atoms with Crippen molar-refractivity contribution in [3.8, 4) is 0 Å². The molecule has 306 valence electrons. The zero-order chi connectivity index (χ0) is 42.9. The quantitative estimate of drug-likeness (QED) is 0.0935. The average Bonchev–Trinajstić information content (AvgIpc) is 3.68. The molecule has 0 saturated heterocycles. The van der Waals surface area contributed by atoms with Crippen molar-refractivity contribution in [3.63, 3.8) is 0 Å². The van der Waals surface area contributed by atoms with Gasteiger partial charge in [0.05, 0.1) is 46.4 Å². The molecule has 4 heterocycles. The topological polar surface area (TPSA) is 141 Å². The van der Waals surface area contributed by atoms with Gasteiger partial charge in [0.15, 0.2) is 0 Å². The van der Waals surface area contributed by atoms with Gasteiger partial charge in [0.2, 0.25) is 0 Å².